The standard InChI is InChI=1S/C11H12BrN3/c1-7(8-2-3-8)15-6-9-4-10(12)5-13-11(9)14-15/h4-8H,2-3H2,1H3. The predicted molar refractivity (Wildman–Crippen MR) is 62.7 cm³/mol. The summed E-state index contributed by atoms with van der Waals surface area (Å²) >= 11 is 3.42. The van der Waals surface area contributed by atoms with E-state index in [2.05, 4.69) is 49.9 Å². The maximum atomic E-state index is 4.50. The molecule has 0 bridgehead atoms. The Labute approximate surface area is 96.6 Å². The number of pyridine rings is 1. The smallest absolute Gasteiger partial charge is 0.181 e. The molecule has 1 fully saturated rings. The molecule has 0 amide bonds. The van der Waals surface area contributed by atoms with Crippen molar-refractivity contribution in [1.82, 2.24) is 14.8 Å². The van der Waals surface area contributed by atoms with Gasteiger partial charge in [-0.15, -0.1) is 0 Å². The number of aromatic nitrogens is 3. The second-order valence-electron chi connectivity index (χ2n) is 4.25. The van der Waals surface area contributed by atoms with Gasteiger partial charge in [0.2, 0.25) is 0 Å². The highest BCUT2D eigenvalue weighted by Crippen LogP contribution is 2.39. The molecule has 78 valence electrons. The number of hydrogen-bond acceptors (Lipinski definition) is 2. The van der Waals surface area contributed by atoms with Crippen molar-refractivity contribution in [2.75, 3.05) is 0 Å². The van der Waals surface area contributed by atoms with Gasteiger partial charge in [-0.1, -0.05) is 0 Å². The van der Waals surface area contributed by atoms with E-state index in [-0.39, 0.29) is 0 Å². The summed E-state index contributed by atoms with van der Waals surface area (Å²) in [5, 5.41) is 5.61. The molecule has 1 saturated carbocycles. The van der Waals surface area contributed by atoms with E-state index in [1.54, 1.807) is 6.20 Å². The second kappa shape index (κ2) is 3.30. The van der Waals surface area contributed by atoms with Crippen LogP contribution in [0.1, 0.15) is 25.8 Å². The molecule has 1 atom stereocenters. The zero-order valence-corrected chi connectivity index (χ0v) is 10.1. The van der Waals surface area contributed by atoms with Gasteiger partial charge in [0.25, 0.3) is 0 Å². The van der Waals surface area contributed by atoms with Crippen LogP contribution in [0.5, 0.6) is 0 Å². The molecule has 0 N–H and O–H groups in total. The molecular formula is C11H12BrN3. The van der Waals surface area contributed by atoms with E-state index in [1.807, 2.05) is 0 Å². The normalized spacial score (nSPS) is 18.3. The molecule has 3 nitrogen and oxygen atoms in total. The van der Waals surface area contributed by atoms with Gasteiger partial charge < -0.3 is 0 Å². The van der Waals surface area contributed by atoms with Crippen molar-refractivity contribution in [3.05, 3.63) is 22.9 Å². The van der Waals surface area contributed by atoms with Gasteiger partial charge in [0, 0.05) is 22.3 Å². The summed E-state index contributed by atoms with van der Waals surface area (Å²) in [7, 11) is 0. The Morgan fingerprint density at radius 3 is 3.07 bits per heavy atom. The molecule has 1 aliphatic rings. The van der Waals surface area contributed by atoms with Crippen molar-refractivity contribution in [3.8, 4) is 0 Å². The Hall–Kier alpha value is -0.900. The quantitative estimate of drug-likeness (QED) is 0.835. The average Bonchev–Trinajstić information content (AvgIpc) is 2.97. The lowest BCUT2D eigenvalue weighted by atomic mass is 10.2. The molecule has 1 aliphatic carbocycles. The zero-order chi connectivity index (χ0) is 10.4. The van der Waals surface area contributed by atoms with Crippen LogP contribution in [0.25, 0.3) is 11.0 Å². The van der Waals surface area contributed by atoms with Gasteiger partial charge in [0.1, 0.15) is 0 Å². The molecule has 15 heavy (non-hydrogen) atoms. The van der Waals surface area contributed by atoms with E-state index in [1.165, 1.54) is 12.8 Å². The first-order valence-corrected chi connectivity index (χ1v) is 6.04. The highest BCUT2D eigenvalue weighted by Gasteiger charge is 2.29. The Morgan fingerprint density at radius 2 is 2.33 bits per heavy atom. The van der Waals surface area contributed by atoms with Crippen LogP contribution < -0.4 is 0 Å². The highest BCUT2D eigenvalue weighted by molar-refractivity contribution is 9.10. The van der Waals surface area contributed by atoms with Gasteiger partial charge in [-0.2, -0.15) is 5.10 Å². The number of hydrogen-bond donors (Lipinski definition) is 0. The fourth-order valence-corrected chi connectivity index (χ4v) is 2.26. The first-order valence-electron chi connectivity index (χ1n) is 5.24. The maximum Gasteiger partial charge on any atom is 0.181 e. The van der Waals surface area contributed by atoms with Crippen LogP contribution in [0.2, 0.25) is 0 Å². The summed E-state index contributed by atoms with van der Waals surface area (Å²) in [5.74, 6) is 0.822. The monoisotopic (exact) mass is 265 g/mol. The molecule has 0 saturated heterocycles. The van der Waals surface area contributed by atoms with Crippen LogP contribution in [-0.2, 0) is 0 Å². The lowest BCUT2D eigenvalue weighted by molar-refractivity contribution is 0.443. The summed E-state index contributed by atoms with van der Waals surface area (Å²) in [6.07, 6.45) is 6.57. The maximum absolute atomic E-state index is 4.50. The predicted octanol–water partition coefficient (Wildman–Crippen LogP) is 3.16. The Morgan fingerprint density at radius 1 is 1.53 bits per heavy atom. The van der Waals surface area contributed by atoms with Gasteiger partial charge in [0.15, 0.2) is 5.65 Å². The third-order valence-electron chi connectivity index (χ3n) is 3.06. The second-order valence-corrected chi connectivity index (χ2v) is 5.17. The fraction of sp³-hybridized carbons (Fsp3) is 0.455. The third-order valence-corrected chi connectivity index (χ3v) is 3.50. The molecule has 2 aromatic heterocycles. The first-order chi connectivity index (χ1) is 7.24. The van der Waals surface area contributed by atoms with Crippen molar-refractivity contribution in [3.63, 3.8) is 0 Å². The SMILES string of the molecule is CC(C1CC1)n1cc2cc(Br)cnc2n1. The third kappa shape index (κ3) is 1.67. The molecule has 3 rings (SSSR count). The molecular weight excluding hydrogens is 254 g/mol. The molecule has 0 spiro atoms. The number of fused-ring (bicyclic) bond motifs is 1. The largest absolute Gasteiger partial charge is 0.267 e. The number of halogens is 1. The highest BCUT2D eigenvalue weighted by atomic mass is 79.9. The van der Waals surface area contributed by atoms with Crippen LogP contribution in [0.15, 0.2) is 22.9 Å². The van der Waals surface area contributed by atoms with Crippen LogP contribution >= 0.6 is 15.9 Å². The van der Waals surface area contributed by atoms with Crippen molar-refractivity contribution in [2.45, 2.75) is 25.8 Å². The molecule has 0 aliphatic heterocycles. The van der Waals surface area contributed by atoms with E-state index >= 15 is 0 Å². The van der Waals surface area contributed by atoms with Crippen molar-refractivity contribution < 1.29 is 0 Å². The zero-order valence-electron chi connectivity index (χ0n) is 8.52. The minimum absolute atomic E-state index is 0.512. The van der Waals surface area contributed by atoms with Crippen LogP contribution in [0.4, 0.5) is 0 Å². The summed E-state index contributed by atoms with van der Waals surface area (Å²) in [6, 6.07) is 2.57. The van der Waals surface area contributed by atoms with Gasteiger partial charge >= 0.3 is 0 Å². The molecule has 0 aromatic carbocycles. The lowest BCUT2D eigenvalue weighted by Crippen LogP contribution is -2.07. The fourth-order valence-electron chi connectivity index (χ4n) is 1.91. The van der Waals surface area contributed by atoms with Crippen LogP contribution in [0.3, 0.4) is 0 Å². The van der Waals surface area contributed by atoms with Crippen LogP contribution in [0, 0.1) is 5.92 Å². The Balaban J connectivity index is 2.05. The van der Waals surface area contributed by atoms with Gasteiger partial charge in [-0.3, -0.25) is 4.68 Å². The van der Waals surface area contributed by atoms with Gasteiger partial charge in [-0.05, 0) is 47.7 Å². The van der Waals surface area contributed by atoms with Gasteiger partial charge in [0.05, 0.1) is 6.04 Å². The molecule has 1 unspecified atom stereocenters. The summed E-state index contributed by atoms with van der Waals surface area (Å²) in [5.41, 5.74) is 0.839. The lowest BCUT2D eigenvalue weighted by Gasteiger charge is -2.08. The molecule has 0 radical (unpaired) electrons. The Kier molecular flexibility index (Phi) is 2.06. The van der Waals surface area contributed by atoms with Crippen molar-refractivity contribution in [2.24, 2.45) is 5.92 Å². The average molecular weight is 266 g/mol. The Bertz CT molecular complexity index is 502. The van der Waals surface area contributed by atoms with Crippen molar-refractivity contribution in [1.29, 1.82) is 0 Å². The van der Waals surface area contributed by atoms with Crippen LogP contribution in [-0.4, -0.2) is 14.8 Å². The van der Waals surface area contributed by atoms with Gasteiger partial charge in [-0.25, -0.2) is 4.98 Å². The molecule has 4 heteroatoms. The minimum Gasteiger partial charge on any atom is -0.267 e. The summed E-state index contributed by atoms with van der Waals surface area (Å²) < 4.78 is 3.07. The number of rotatable bonds is 2. The molecule has 2 heterocycles. The van der Waals surface area contributed by atoms with E-state index in [0.717, 1.165) is 21.4 Å². The van der Waals surface area contributed by atoms with Crippen molar-refractivity contribution >= 4 is 27.0 Å². The minimum atomic E-state index is 0.512. The summed E-state index contributed by atoms with van der Waals surface area (Å²) in [4.78, 5) is 4.28. The van der Waals surface area contributed by atoms with E-state index in [9.17, 15) is 0 Å². The molecule has 2 aromatic rings. The first kappa shape index (κ1) is 9.33. The number of nitrogens with zero attached hydrogens (tertiary/aromatic N) is 3. The van der Waals surface area contributed by atoms with E-state index in [0.29, 0.717) is 6.04 Å². The summed E-state index contributed by atoms with van der Waals surface area (Å²) in [6.45, 7) is 2.23. The van der Waals surface area contributed by atoms with E-state index < -0.39 is 0 Å². The van der Waals surface area contributed by atoms with E-state index in [4.69, 9.17) is 0 Å². The topological polar surface area (TPSA) is 30.7 Å².